The Morgan fingerprint density at radius 3 is 2.83 bits per heavy atom. The molecule has 1 aliphatic carbocycles. The quantitative estimate of drug-likeness (QED) is 0.714. The third kappa shape index (κ3) is 5.61. The predicted octanol–water partition coefficient (Wildman–Crippen LogP) is 3.00. The zero-order valence-corrected chi connectivity index (χ0v) is 15.7. The van der Waals surface area contributed by atoms with E-state index in [2.05, 4.69) is 26.6 Å². The molecule has 23 heavy (non-hydrogen) atoms. The average Bonchev–Trinajstić information content (AvgIpc) is 3.02. The first-order valence-corrected chi connectivity index (χ1v) is 9.05. The maximum atomic E-state index is 5.78. The molecule has 0 spiro atoms. The fourth-order valence-corrected chi connectivity index (χ4v) is 3.79. The molecule has 4 nitrogen and oxygen atoms in total. The van der Waals surface area contributed by atoms with Crippen LogP contribution in [0.5, 0.6) is 5.75 Å². The van der Waals surface area contributed by atoms with E-state index in [0.29, 0.717) is 24.6 Å². The molecule has 1 saturated carbocycles. The molecule has 3 unspecified atom stereocenters. The molecule has 130 valence electrons. The average molecular weight is 406 g/mol. The Labute approximate surface area is 153 Å². The van der Waals surface area contributed by atoms with Crippen molar-refractivity contribution >= 4 is 28.3 Å². The molecule has 2 N–H and O–H groups in total. The van der Waals surface area contributed by atoms with E-state index in [-0.39, 0.29) is 12.4 Å². The standard InChI is InChI=1S/C17H25BrN2O2.ClH/c18-13-4-6-14(7-5-13)22-11-9-19-16-3-1-2-15(16)17-12-21-10-8-20-17;/h4-7,15-17,19-20H,1-3,8-12H2;1H. The van der Waals surface area contributed by atoms with Crippen molar-refractivity contribution in [3.05, 3.63) is 28.7 Å². The maximum absolute atomic E-state index is 5.78. The van der Waals surface area contributed by atoms with Gasteiger partial charge in [0.2, 0.25) is 0 Å². The number of ether oxygens (including phenoxy) is 2. The summed E-state index contributed by atoms with van der Waals surface area (Å²) < 4.78 is 12.5. The molecule has 0 amide bonds. The van der Waals surface area contributed by atoms with E-state index < -0.39 is 0 Å². The highest BCUT2D eigenvalue weighted by Crippen LogP contribution is 2.29. The summed E-state index contributed by atoms with van der Waals surface area (Å²) >= 11 is 3.43. The summed E-state index contributed by atoms with van der Waals surface area (Å²) in [5.41, 5.74) is 0. The summed E-state index contributed by atoms with van der Waals surface area (Å²) in [6.45, 7) is 4.30. The van der Waals surface area contributed by atoms with Gasteiger partial charge in [0.05, 0.1) is 13.2 Å². The van der Waals surface area contributed by atoms with Crippen LogP contribution in [0.1, 0.15) is 19.3 Å². The van der Waals surface area contributed by atoms with E-state index in [4.69, 9.17) is 9.47 Å². The molecule has 1 aliphatic heterocycles. The van der Waals surface area contributed by atoms with E-state index >= 15 is 0 Å². The van der Waals surface area contributed by atoms with E-state index in [0.717, 1.165) is 36.5 Å². The van der Waals surface area contributed by atoms with E-state index in [9.17, 15) is 0 Å². The van der Waals surface area contributed by atoms with Crippen LogP contribution in [-0.4, -0.2) is 45.0 Å². The van der Waals surface area contributed by atoms with E-state index in [1.165, 1.54) is 19.3 Å². The first-order valence-electron chi connectivity index (χ1n) is 8.26. The van der Waals surface area contributed by atoms with Crippen molar-refractivity contribution in [2.24, 2.45) is 5.92 Å². The minimum atomic E-state index is 0. The number of nitrogens with one attached hydrogen (secondary N) is 2. The molecule has 6 heteroatoms. The van der Waals surface area contributed by atoms with Gasteiger partial charge in [0.15, 0.2) is 0 Å². The second-order valence-electron chi connectivity index (χ2n) is 6.09. The fraction of sp³-hybridized carbons (Fsp3) is 0.647. The van der Waals surface area contributed by atoms with Crippen molar-refractivity contribution in [2.45, 2.75) is 31.3 Å². The number of hydrogen-bond donors (Lipinski definition) is 2. The molecule has 1 saturated heterocycles. The molecule has 2 aliphatic rings. The lowest BCUT2D eigenvalue weighted by Crippen LogP contribution is -2.51. The second kappa shape index (κ2) is 9.84. The Hall–Kier alpha value is -0.330. The highest BCUT2D eigenvalue weighted by atomic mass is 79.9. The molecule has 0 aromatic heterocycles. The number of rotatable bonds is 6. The van der Waals surface area contributed by atoms with Crippen molar-refractivity contribution in [3.63, 3.8) is 0 Å². The number of halogens is 2. The molecule has 3 rings (SSSR count). The third-order valence-electron chi connectivity index (χ3n) is 4.63. The van der Waals surface area contributed by atoms with Crippen molar-refractivity contribution in [1.29, 1.82) is 0 Å². The lowest BCUT2D eigenvalue weighted by Gasteiger charge is -2.33. The first-order chi connectivity index (χ1) is 10.8. The van der Waals surface area contributed by atoms with Gasteiger partial charge < -0.3 is 20.1 Å². The Morgan fingerprint density at radius 1 is 1.26 bits per heavy atom. The summed E-state index contributed by atoms with van der Waals surface area (Å²) in [7, 11) is 0. The van der Waals surface area contributed by atoms with Crippen LogP contribution in [0.25, 0.3) is 0 Å². The fourth-order valence-electron chi connectivity index (χ4n) is 3.53. The Morgan fingerprint density at radius 2 is 2.09 bits per heavy atom. The van der Waals surface area contributed by atoms with Crippen LogP contribution >= 0.6 is 28.3 Å². The molecular weight excluding hydrogens is 380 g/mol. The molecule has 0 bridgehead atoms. The predicted molar refractivity (Wildman–Crippen MR) is 98.6 cm³/mol. The molecule has 3 atom stereocenters. The summed E-state index contributed by atoms with van der Waals surface area (Å²) in [6, 6.07) is 9.10. The smallest absolute Gasteiger partial charge is 0.119 e. The van der Waals surface area contributed by atoms with Gasteiger partial charge in [-0.05, 0) is 43.0 Å². The molecule has 1 aromatic carbocycles. The highest BCUT2D eigenvalue weighted by molar-refractivity contribution is 9.10. The minimum absolute atomic E-state index is 0. The molecule has 1 aromatic rings. The second-order valence-corrected chi connectivity index (χ2v) is 7.01. The SMILES string of the molecule is Brc1ccc(OCCNC2CCCC2C2COCCN2)cc1.Cl. The lowest BCUT2D eigenvalue weighted by atomic mass is 9.94. The van der Waals surface area contributed by atoms with E-state index in [1.54, 1.807) is 0 Å². The maximum Gasteiger partial charge on any atom is 0.119 e. The van der Waals surface area contributed by atoms with Crippen LogP contribution < -0.4 is 15.4 Å². The van der Waals surface area contributed by atoms with Crippen LogP contribution in [0.3, 0.4) is 0 Å². The summed E-state index contributed by atoms with van der Waals surface area (Å²) in [4.78, 5) is 0. The van der Waals surface area contributed by atoms with E-state index in [1.807, 2.05) is 24.3 Å². The van der Waals surface area contributed by atoms with Crippen molar-refractivity contribution in [2.75, 3.05) is 32.9 Å². The molecule has 2 fully saturated rings. The summed E-state index contributed by atoms with van der Waals surface area (Å²) in [5.74, 6) is 1.61. The van der Waals surface area contributed by atoms with Crippen LogP contribution in [0.15, 0.2) is 28.7 Å². The Bertz CT molecular complexity index is 454. The van der Waals surface area contributed by atoms with Gasteiger partial charge in [0, 0.05) is 29.6 Å². The summed E-state index contributed by atoms with van der Waals surface area (Å²) in [5, 5.41) is 7.29. The first kappa shape index (κ1) is 19.0. The summed E-state index contributed by atoms with van der Waals surface area (Å²) in [6.07, 6.45) is 3.88. The van der Waals surface area contributed by atoms with Gasteiger partial charge in [-0.1, -0.05) is 22.4 Å². The van der Waals surface area contributed by atoms with Gasteiger partial charge in [-0.3, -0.25) is 0 Å². The zero-order chi connectivity index (χ0) is 15.2. The van der Waals surface area contributed by atoms with Crippen molar-refractivity contribution < 1.29 is 9.47 Å². The van der Waals surface area contributed by atoms with Crippen LogP contribution in [0.4, 0.5) is 0 Å². The van der Waals surface area contributed by atoms with Gasteiger partial charge >= 0.3 is 0 Å². The lowest BCUT2D eigenvalue weighted by molar-refractivity contribution is 0.0523. The van der Waals surface area contributed by atoms with Gasteiger partial charge in [-0.2, -0.15) is 0 Å². The van der Waals surface area contributed by atoms with Crippen molar-refractivity contribution in [3.8, 4) is 5.75 Å². The van der Waals surface area contributed by atoms with Crippen LogP contribution in [-0.2, 0) is 4.74 Å². The monoisotopic (exact) mass is 404 g/mol. The molecular formula is C17H26BrClN2O2. The normalized spacial score (nSPS) is 27.4. The van der Waals surface area contributed by atoms with Crippen molar-refractivity contribution in [1.82, 2.24) is 10.6 Å². The van der Waals surface area contributed by atoms with Gasteiger partial charge in [0.1, 0.15) is 12.4 Å². The Balaban J connectivity index is 0.00000192. The van der Waals surface area contributed by atoms with Crippen LogP contribution in [0, 0.1) is 5.92 Å². The van der Waals surface area contributed by atoms with Gasteiger partial charge in [-0.25, -0.2) is 0 Å². The third-order valence-corrected chi connectivity index (χ3v) is 5.16. The highest BCUT2D eigenvalue weighted by Gasteiger charge is 2.34. The van der Waals surface area contributed by atoms with Crippen LogP contribution in [0.2, 0.25) is 0 Å². The minimum Gasteiger partial charge on any atom is -0.492 e. The molecule has 1 heterocycles. The van der Waals surface area contributed by atoms with Gasteiger partial charge in [-0.15, -0.1) is 12.4 Å². The molecule has 0 radical (unpaired) electrons. The topological polar surface area (TPSA) is 42.5 Å². The Kier molecular flexibility index (Phi) is 8.13. The largest absolute Gasteiger partial charge is 0.492 e. The number of morpholine rings is 1. The number of hydrogen-bond acceptors (Lipinski definition) is 4. The zero-order valence-electron chi connectivity index (χ0n) is 13.3. The number of benzene rings is 1. The van der Waals surface area contributed by atoms with Gasteiger partial charge in [0.25, 0.3) is 0 Å².